The molecule has 9 nitrogen and oxygen atoms in total. The van der Waals surface area contributed by atoms with E-state index in [1.165, 1.54) is 31.2 Å². The van der Waals surface area contributed by atoms with Crippen LogP contribution in [-0.2, 0) is 22.3 Å². The van der Waals surface area contributed by atoms with Crippen LogP contribution in [-0.4, -0.2) is 51.3 Å². The van der Waals surface area contributed by atoms with Gasteiger partial charge in [-0.25, -0.2) is 9.59 Å². The first-order valence-corrected chi connectivity index (χ1v) is 10.0. The maximum atomic E-state index is 13.1. The number of hydrogen-bond acceptors (Lipinski definition) is 6. The Morgan fingerprint density at radius 1 is 1.15 bits per heavy atom. The van der Waals surface area contributed by atoms with Crippen LogP contribution >= 0.6 is 0 Å². The van der Waals surface area contributed by atoms with Crippen molar-refractivity contribution in [1.29, 1.82) is 0 Å². The lowest BCUT2D eigenvalue weighted by molar-refractivity contribution is -0.138. The minimum Gasteiger partial charge on any atom is -0.466 e. The Balaban J connectivity index is 1.73. The van der Waals surface area contributed by atoms with E-state index in [0.717, 1.165) is 16.9 Å². The van der Waals surface area contributed by atoms with Crippen LogP contribution in [0.2, 0.25) is 0 Å². The molecule has 1 atom stereocenters. The van der Waals surface area contributed by atoms with Gasteiger partial charge < -0.3 is 10.1 Å². The first-order chi connectivity index (χ1) is 16.2. The number of halogens is 3. The molecule has 4 rings (SSSR count). The zero-order valence-corrected chi connectivity index (χ0v) is 18.1. The molecule has 0 aliphatic carbocycles. The lowest BCUT2D eigenvalue weighted by Gasteiger charge is -2.34. The number of esters is 1. The number of allylic oxidation sites excluding steroid dienone is 1. The topological polar surface area (TPSA) is 102 Å². The summed E-state index contributed by atoms with van der Waals surface area (Å²) in [6.07, 6.45) is -4.52. The van der Waals surface area contributed by atoms with Crippen LogP contribution in [0.5, 0.6) is 0 Å². The highest BCUT2D eigenvalue weighted by molar-refractivity contribution is 5.95. The Kier molecular flexibility index (Phi) is 6.05. The normalized spacial score (nSPS) is 16.4. The third kappa shape index (κ3) is 4.47. The number of aromatic nitrogens is 4. The Hall–Kier alpha value is -4.22. The number of benzene rings is 2. The van der Waals surface area contributed by atoms with Crippen molar-refractivity contribution in [2.75, 3.05) is 14.2 Å². The molecule has 0 fully saturated rings. The molecule has 1 aliphatic heterocycles. The molecule has 1 N–H and O–H groups in total. The lowest BCUT2D eigenvalue weighted by Crippen LogP contribution is -2.47. The van der Waals surface area contributed by atoms with Crippen molar-refractivity contribution >= 4 is 12.0 Å². The van der Waals surface area contributed by atoms with Crippen molar-refractivity contribution in [3.05, 3.63) is 77.0 Å². The van der Waals surface area contributed by atoms with E-state index in [1.807, 2.05) is 0 Å². The molecule has 1 aliphatic rings. The van der Waals surface area contributed by atoms with Gasteiger partial charge in [0, 0.05) is 12.6 Å². The molecule has 1 unspecified atom stereocenters. The molecule has 176 valence electrons. The van der Waals surface area contributed by atoms with Gasteiger partial charge in [-0.3, -0.25) is 4.90 Å². The van der Waals surface area contributed by atoms with Crippen LogP contribution < -0.4 is 5.32 Å². The summed E-state index contributed by atoms with van der Waals surface area (Å²) in [6, 6.07) is 12.2. The fraction of sp³-hybridized carbons (Fsp3) is 0.227. The van der Waals surface area contributed by atoms with E-state index in [2.05, 4.69) is 20.7 Å². The number of alkyl halides is 3. The third-order valence-electron chi connectivity index (χ3n) is 5.31. The SMILES string of the molecule is COC(=O)C1=C(Cn2nnc(-c3cccc(C(F)(F)F)c3)n2)N(C)C(=O)NC1c1ccccc1. The van der Waals surface area contributed by atoms with E-state index in [4.69, 9.17) is 4.74 Å². The Morgan fingerprint density at radius 2 is 1.88 bits per heavy atom. The Bertz CT molecular complexity index is 1260. The van der Waals surface area contributed by atoms with Gasteiger partial charge in [-0.05, 0) is 22.9 Å². The molecule has 2 aromatic carbocycles. The van der Waals surface area contributed by atoms with Crippen molar-refractivity contribution in [2.24, 2.45) is 0 Å². The number of tetrazole rings is 1. The highest BCUT2D eigenvalue weighted by Crippen LogP contribution is 2.32. The van der Waals surface area contributed by atoms with E-state index >= 15 is 0 Å². The van der Waals surface area contributed by atoms with E-state index in [0.29, 0.717) is 5.56 Å². The number of rotatable bonds is 5. The van der Waals surface area contributed by atoms with Crippen LogP contribution in [0.15, 0.2) is 65.9 Å². The number of amides is 2. The molecule has 12 heteroatoms. The number of nitrogens with zero attached hydrogens (tertiary/aromatic N) is 5. The van der Waals surface area contributed by atoms with Crippen molar-refractivity contribution in [2.45, 2.75) is 18.8 Å². The maximum absolute atomic E-state index is 13.1. The molecular weight excluding hydrogens is 453 g/mol. The first-order valence-electron chi connectivity index (χ1n) is 10.0. The number of urea groups is 1. The molecule has 3 aromatic rings. The zero-order valence-electron chi connectivity index (χ0n) is 18.1. The minimum absolute atomic E-state index is 0.0335. The number of ether oxygens (including phenoxy) is 1. The summed E-state index contributed by atoms with van der Waals surface area (Å²) >= 11 is 0. The van der Waals surface area contributed by atoms with Crippen molar-refractivity contribution in [3.63, 3.8) is 0 Å². The zero-order chi connectivity index (χ0) is 24.5. The average molecular weight is 472 g/mol. The number of likely N-dealkylation sites (N-methyl/N-ethyl adjacent to an activating group) is 1. The predicted molar refractivity (Wildman–Crippen MR) is 113 cm³/mol. The molecule has 0 saturated carbocycles. The second-order valence-corrected chi connectivity index (χ2v) is 7.43. The average Bonchev–Trinajstić information content (AvgIpc) is 3.30. The third-order valence-corrected chi connectivity index (χ3v) is 5.31. The Morgan fingerprint density at radius 3 is 2.56 bits per heavy atom. The van der Waals surface area contributed by atoms with Gasteiger partial charge in [0.05, 0.1) is 30.0 Å². The second-order valence-electron chi connectivity index (χ2n) is 7.43. The summed E-state index contributed by atoms with van der Waals surface area (Å²) < 4.78 is 44.1. The molecule has 0 saturated heterocycles. The molecule has 2 amide bonds. The van der Waals surface area contributed by atoms with E-state index < -0.39 is 29.8 Å². The van der Waals surface area contributed by atoms with Gasteiger partial charge in [-0.2, -0.15) is 18.0 Å². The fourth-order valence-corrected chi connectivity index (χ4v) is 3.59. The van der Waals surface area contributed by atoms with Crippen LogP contribution in [0.4, 0.5) is 18.0 Å². The summed E-state index contributed by atoms with van der Waals surface area (Å²) in [7, 11) is 2.70. The summed E-state index contributed by atoms with van der Waals surface area (Å²) in [6.45, 7) is -0.149. The summed E-state index contributed by atoms with van der Waals surface area (Å²) in [5.74, 6) is -0.692. The molecule has 2 heterocycles. The number of carbonyl (C=O) groups excluding carboxylic acids is 2. The molecule has 1 aromatic heterocycles. The van der Waals surface area contributed by atoms with Crippen molar-refractivity contribution in [1.82, 2.24) is 30.4 Å². The largest absolute Gasteiger partial charge is 0.466 e. The molecule has 0 spiro atoms. The maximum Gasteiger partial charge on any atom is 0.416 e. The summed E-state index contributed by atoms with van der Waals surface area (Å²) in [5, 5.41) is 14.7. The number of carbonyl (C=O) groups is 2. The molecular formula is C22H19F3N6O3. The standard InChI is InChI=1S/C22H19F3N6O3/c1-30-16(17(20(32)34-2)18(26-21(30)33)13-7-4-3-5-8-13)12-31-28-19(27-29-31)14-9-6-10-15(11-14)22(23,24)25/h3-11,18H,12H2,1-2H3,(H,26,33). The van der Waals surface area contributed by atoms with E-state index in [-0.39, 0.29) is 29.2 Å². The summed E-state index contributed by atoms with van der Waals surface area (Å²) in [5.41, 5.74) is 0.385. The molecule has 34 heavy (non-hydrogen) atoms. The van der Waals surface area contributed by atoms with Crippen molar-refractivity contribution < 1.29 is 27.5 Å². The lowest BCUT2D eigenvalue weighted by atomic mass is 9.94. The van der Waals surface area contributed by atoms with Gasteiger partial charge >= 0.3 is 18.2 Å². The van der Waals surface area contributed by atoms with E-state index in [1.54, 1.807) is 30.3 Å². The second kappa shape index (κ2) is 8.96. The Labute approximate surface area is 191 Å². The highest BCUT2D eigenvalue weighted by Gasteiger charge is 2.37. The smallest absolute Gasteiger partial charge is 0.416 e. The quantitative estimate of drug-likeness (QED) is 0.573. The van der Waals surface area contributed by atoms with Crippen LogP contribution in [0.25, 0.3) is 11.4 Å². The van der Waals surface area contributed by atoms with Gasteiger partial charge in [0.2, 0.25) is 5.82 Å². The molecule has 0 bridgehead atoms. The monoisotopic (exact) mass is 472 g/mol. The predicted octanol–water partition coefficient (Wildman–Crippen LogP) is 3.18. The molecule has 0 radical (unpaired) electrons. The van der Waals surface area contributed by atoms with Crippen LogP contribution in [0.1, 0.15) is 17.2 Å². The van der Waals surface area contributed by atoms with Gasteiger partial charge in [-0.15, -0.1) is 10.2 Å². The van der Waals surface area contributed by atoms with Crippen molar-refractivity contribution in [3.8, 4) is 11.4 Å². The highest BCUT2D eigenvalue weighted by atomic mass is 19.4. The number of nitrogens with one attached hydrogen (secondary N) is 1. The minimum atomic E-state index is -4.52. The summed E-state index contributed by atoms with van der Waals surface area (Å²) in [4.78, 5) is 27.7. The van der Waals surface area contributed by atoms with Crippen LogP contribution in [0.3, 0.4) is 0 Å². The number of hydrogen-bond donors (Lipinski definition) is 1. The van der Waals surface area contributed by atoms with E-state index in [9.17, 15) is 22.8 Å². The number of methoxy groups -OCH3 is 1. The van der Waals surface area contributed by atoms with Gasteiger partial charge in [0.1, 0.15) is 6.54 Å². The van der Waals surface area contributed by atoms with Gasteiger partial charge in [0.15, 0.2) is 0 Å². The van der Waals surface area contributed by atoms with Gasteiger partial charge in [-0.1, -0.05) is 42.5 Å². The fourth-order valence-electron chi connectivity index (χ4n) is 3.59. The van der Waals surface area contributed by atoms with Crippen LogP contribution in [0, 0.1) is 0 Å². The first kappa shape index (κ1) is 23.0. The van der Waals surface area contributed by atoms with Gasteiger partial charge in [0.25, 0.3) is 0 Å².